The third kappa shape index (κ3) is 3.44. The average Bonchev–Trinajstić information content (AvgIpc) is 3.48. The van der Waals surface area contributed by atoms with Gasteiger partial charge >= 0.3 is 0 Å². The van der Waals surface area contributed by atoms with Crippen LogP contribution in [-0.2, 0) is 11.3 Å². The van der Waals surface area contributed by atoms with E-state index in [-0.39, 0.29) is 5.91 Å². The first-order valence-electron chi connectivity index (χ1n) is 9.39. The molecule has 5 nitrogen and oxygen atoms in total. The molecule has 2 aliphatic rings. The lowest BCUT2D eigenvalue weighted by Crippen LogP contribution is -2.26. The summed E-state index contributed by atoms with van der Waals surface area (Å²) in [4.78, 5) is 19.4. The highest BCUT2D eigenvalue weighted by molar-refractivity contribution is 5.96. The van der Waals surface area contributed by atoms with E-state index in [1.54, 1.807) is 0 Å². The van der Waals surface area contributed by atoms with Crippen molar-refractivity contribution in [1.29, 1.82) is 0 Å². The quantitative estimate of drug-likeness (QED) is 0.918. The Hall–Kier alpha value is -2.40. The molecule has 0 radical (unpaired) electrons. The Morgan fingerprint density at radius 2 is 2.19 bits per heavy atom. The number of fused-ring (bicyclic) bond motifs is 1. The molecule has 5 heteroatoms. The number of nitrogens with one attached hydrogen (secondary N) is 1. The fourth-order valence-electron chi connectivity index (χ4n) is 3.38. The molecule has 26 heavy (non-hydrogen) atoms. The van der Waals surface area contributed by atoms with Gasteiger partial charge in [-0.15, -0.1) is 0 Å². The van der Waals surface area contributed by atoms with Crippen LogP contribution in [0.25, 0.3) is 11.1 Å². The van der Waals surface area contributed by atoms with Crippen molar-refractivity contribution in [2.75, 3.05) is 24.6 Å². The van der Waals surface area contributed by atoms with Crippen LogP contribution in [-0.4, -0.2) is 36.6 Å². The van der Waals surface area contributed by atoms with Crippen molar-refractivity contribution < 1.29 is 9.53 Å². The summed E-state index contributed by atoms with van der Waals surface area (Å²) >= 11 is 0. The minimum Gasteiger partial charge on any atom is -0.375 e. The van der Waals surface area contributed by atoms with E-state index < -0.39 is 0 Å². The maximum Gasteiger partial charge on any atom is 0.251 e. The summed E-state index contributed by atoms with van der Waals surface area (Å²) in [5.41, 5.74) is 5.03. The molecule has 1 aliphatic carbocycles. The Labute approximate surface area is 154 Å². The van der Waals surface area contributed by atoms with E-state index in [1.165, 1.54) is 0 Å². The number of hydrogen-bond donors (Lipinski definition) is 1. The number of carbonyl (C=O) groups is 1. The van der Waals surface area contributed by atoms with Crippen LogP contribution in [0.2, 0.25) is 0 Å². The molecule has 0 unspecified atom stereocenters. The summed E-state index contributed by atoms with van der Waals surface area (Å²) in [5, 5.41) is 3.06. The first-order chi connectivity index (χ1) is 12.7. The van der Waals surface area contributed by atoms with Crippen LogP contribution in [0, 0.1) is 6.92 Å². The van der Waals surface area contributed by atoms with Gasteiger partial charge in [-0.05, 0) is 56.0 Å². The zero-order valence-corrected chi connectivity index (χ0v) is 15.4. The van der Waals surface area contributed by atoms with Crippen LogP contribution < -0.4 is 10.2 Å². The highest BCUT2D eigenvalue weighted by Gasteiger charge is 2.24. The lowest BCUT2D eigenvalue weighted by molar-refractivity contribution is 0.0951. The van der Waals surface area contributed by atoms with E-state index in [9.17, 15) is 4.79 Å². The zero-order chi connectivity index (χ0) is 18.1. The van der Waals surface area contributed by atoms with Gasteiger partial charge in [-0.2, -0.15) is 0 Å². The molecule has 1 aromatic carbocycles. The van der Waals surface area contributed by atoms with Gasteiger partial charge in [0.25, 0.3) is 5.91 Å². The monoisotopic (exact) mass is 351 g/mol. The standard InChI is InChI=1S/C21H25N3O2/c1-3-24-8-9-26-13-17-10-16(12-22-20(17)24)19-11-15(5-4-14(19)2)21(25)23-18-6-7-18/h4-5,10-12,18H,3,6-9,13H2,1-2H3,(H,23,25). The largest absolute Gasteiger partial charge is 0.375 e. The Bertz CT molecular complexity index is 830. The first-order valence-corrected chi connectivity index (χ1v) is 9.39. The number of anilines is 1. The van der Waals surface area contributed by atoms with Gasteiger partial charge in [0.15, 0.2) is 0 Å². The van der Waals surface area contributed by atoms with E-state index in [0.717, 1.165) is 60.6 Å². The second-order valence-corrected chi connectivity index (χ2v) is 7.12. The summed E-state index contributed by atoms with van der Waals surface area (Å²) in [5.74, 6) is 1.02. The van der Waals surface area contributed by atoms with Crippen molar-refractivity contribution in [2.24, 2.45) is 0 Å². The number of nitrogens with zero attached hydrogens (tertiary/aromatic N) is 2. The molecule has 0 bridgehead atoms. The number of benzene rings is 1. The molecule has 0 atom stereocenters. The Morgan fingerprint density at radius 1 is 1.35 bits per heavy atom. The predicted octanol–water partition coefficient (Wildman–Crippen LogP) is 3.31. The van der Waals surface area contributed by atoms with Gasteiger partial charge in [0, 0.05) is 42.0 Å². The lowest BCUT2D eigenvalue weighted by Gasteiger charge is -2.21. The topological polar surface area (TPSA) is 54.5 Å². The highest BCUT2D eigenvalue weighted by Crippen LogP contribution is 2.30. The van der Waals surface area contributed by atoms with E-state index in [0.29, 0.717) is 18.2 Å². The van der Waals surface area contributed by atoms with Gasteiger partial charge in [-0.1, -0.05) is 6.07 Å². The minimum absolute atomic E-state index is 0.0111. The summed E-state index contributed by atoms with van der Waals surface area (Å²) in [6.07, 6.45) is 4.10. The van der Waals surface area contributed by atoms with Crippen LogP contribution >= 0.6 is 0 Å². The van der Waals surface area contributed by atoms with Crippen molar-refractivity contribution in [3.8, 4) is 11.1 Å². The minimum atomic E-state index is 0.0111. The van der Waals surface area contributed by atoms with Gasteiger partial charge in [-0.3, -0.25) is 4.79 Å². The van der Waals surface area contributed by atoms with Crippen molar-refractivity contribution >= 4 is 11.7 Å². The van der Waals surface area contributed by atoms with Crippen molar-refractivity contribution in [2.45, 2.75) is 39.3 Å². The molecule has 1 amide bonds. The second-order valence-electron chi connectivity index (χ2n) is 7.12. The number of rotatable bonds is 4. The molecule has 0 saturated heterocycles. The summed E-state index contributed by atoms with van der Waals surface area (Å²) < 4.78 is 5.74. The van der Waals surface area contributed by atoms with E-state index in [1.807, 2.05) is 24.4 Å². The van der Waals surface area contributed by atoms with E-state index in [2.05, 4.69) is 30.1 Å². The molecule has 1 fully saturated rings. The smallest absolute Gasteiger partial charge is 0.251 e. The molecular weight excluding hydrogens is 326 g/mol. The number of ether oxygens (including phenoxy) is 1. The number of aryl methyl sites for hydroxylation is 1. The third-order valence-electron chi connectivity index (χ3n) is 5.11. The number of pyridine rings is 1. The molecule has 1 aliphatic heterocycles. The molecule has 1 aromatic heterocycles. The Morgan fingerprint density at radius 3 is 2.96 bits per heavy atom. The number of likely N-dealkylation sites (N-methyl/N-ethyl adjacent to an activating group) is 1. The molecule has 1 saturated carbocycles. The average molecular weight is 351 g/mol. The van der Waals surface area contributed by atoms with E-state index >= 15 is 0 Å². The van der Waals surface area contributed by atoms with Gasteiger partial charge in [0.05, 0.1) is 13.2 Å². The molecule has 4 rings (SSSR count). The summed E-state index contributed by atoms with van der Waals surface area (Å²) in [6.45, 7) is 7.28. The molecule has 136 valence electrons. The van der Waals surface area contributed by atoms with Gasteiger partial charge < -0.3 is 15.0 Å². The molecule has 2 heterocycles. The lowest BCUT2D eigenvalue weighted by atomic mass is 9.98. The third-order valence-corrected chi connectivity index (χ3v) is 5.11. The maximum atomic E-state index is 12.4. The fourth-order valence-corrected chi connectivity index (χ4v) is 3.38. The number of hydrogen-bond acceptors (Lipinski definition) is 4. The molecular formula is C21H25N3O2. The Kier molecular flexibility index (Phi) is 4.64. The predicted molar refractivity (Wildman–Crippen MR) is 102 cm³/mol. The van der Waals surface area contributed by atoms with E-state index in [4.69, 9.17) is 9.72 Å². The van der Waals surface area contributed by atoms with Crippen LogP contribution in [0.5, 0.6) is 0 Å². The first kappa shape index (κ1) is 17.0. The van der Waals surface area contributed by atoms with Crippen LogP contribution in [0.1, 0.15) is 41.3 Å². The highest BCUT2D eigenvalue weighted by atomic mass is 16.5. The Balaban J connectivity index is 1.68. The second kappa shape index (κ2) is 7.08. The normalized spacial score (nSPS) is 16.8. The van der Waals surface area contributed by atoms with Crippen LogP contribution in [0.3, 0.4) is 0 Å². The van der Waals surface area contributed by atoms with Crippen molar-refractivity contribution in [3.63, 3.8) is 0 Å². The van der Waals surface area contributed by atoms with Crippen molar-refractivity contribution in [1.82, 2.24) is 10.3 Å². The summed E-state index contributed by atoms with van der Waals surface area (Å²) in [7, 11) is 0. The zero-order valence-electron chi connectivity index (χ0n) is 15.4. The fraction of sp³-hybridized carbons (Fsp3) is 0.429. The van der Waals surface area contributed by atoms with Gasteiger partial charge in [0.1, 0.15) is 5.82 Å². The van der Waals surface area contributed by atoms with Crippen LogP contribution in [0.4, 0.5) is 5.82 Å². The van der Waals surface area contributed by atoms with Gasteiger partial charge in [0.2, 0.25) is 0 Å². The van der Waals surface area contributed by atoms with Crippen LogP contribution in [0.15, 0.2) is 30.5 Å². The molecule has 2 aromatic rings. The number of amides is 1. The SMILES string of the molecule is CCN1CCOCc2cc(-c3cc(C(=O)NC4CC4)ccc3C)cnc21. The molecule has 1 N–H and O–H groups in total. The maximum absolute atomic E-state index is 12.4. The number of carbonyl (C=O) groups excluding carboxylic acids is 1. The number of aromatic nitrogens is 1. The van der Waals surface area contributed by atoms with Gasteiger partial charge in [-0.25, -0.2) is 4.98 Å². The molecule has 0 spiro atoms. The van der Waals surface area contributed by atoms with Crippen molar-refractivity contribution in [3.05, 3.63) is 47.2 Å². The summed E-state index contributed by atoms with van der Waals surface area (Å²) in [6, 6.07) is 8.40.